The van der Waals surface area contributed by atoms with Gasteiger partial charge in [0.1, 0.15) is 29.8 Å². The normalized spacial score (nSPS) is 15.2. The van der Waals surface area contributed by atoms with Gasteiger partial charge in [0.2, 0.25) is 23.6 Å². The number of alkyl carbamates (subject to hydrolysis) is 1. The molecule has 0 aromatic heterocycles. The van der Waals surface area contributed by atoms with Crippen molar-refractivity contribution in [1.82, 2.24) is 26.6 Å². The summed E-state index contributed by atoms with van der Waals surface area (Å²) in [6.45, 7) is 16.0. The molecule has 2 aromatic carbocycles. The van der Waals surface area contributed by atoms with Crippen LogP contribution in [0.4, 0.5) is 4.79 Å². The summed E-state index contributed by atoms with van der Waals surface area (Å²) in [5.74, 6) is -3.68. The maximum absolute atomic E-state index is 14.0. The molecular formula is C42H64N6O8. The minimum atomic E-state index is -1.06. The van der Waals surface area contributed by atoms with Crippen LogP contribution in [0.25, 0.3) is 0 Å². The maximum Gasteiger partial charge on any atom is 0.408 e. The van der Waals surface area contributed by atoms with Crippen LogP contribution in [0.5, 0.6) is 0 Å². The summed E-state index contributed by atoms with van der Waals surface area (Å²) < 4.78 is 10.3. The van der Waals surface area contributed by atoms with Crippen LogP contribution < -0.4 is 32.3 Å². The van der Waals surface area contributed by atoms with Gasteiger partial charge in [-0.2, -0.15) is 0 Å². The summed E-state index contributed by atoms with van der Waals surface area (Å²) in [5.41, 5.74) is 7.52. The molecule has 56 heavy (non-hydrogen) atoms. The van der Waals surface area contributed by atoms with Crippen molar-refractivity contribution in [3.8, 4) is 0 Å². The van der Waals surface area contributed by atoms with Crippen LogP contribution in [-0.2, 0) is 46.3 Å². The molecule has 0 aliphatic carbocycles. The highest BCUT2D eigenvalue weighted by molar-refractivity contribution is 5.92. The second-order valence-electron chi connectivity index (χ2n) is 16.0. The zero-order valence-corrected chi connectivity index (χ0v) is 34.6. The number of amides is 5. The zero-order chi connectivity index (χ0) is 42.2. The summed E-state index contributed by atoms with van der Waals surface area (Å²) in [5, 5.41) is 14.0. The van der Waals surface area contributed by atoms with Gasteiger partial charge in [0.05, 0.1) is 7.11 Å². The Labute approximate surface area is 332 Å². The Morgan fingerprint density at radius 2 is 1.16 bits per heavy atom. The maximum atomic E-state index is 14.0. The topological polar surface area (TPSA) is 207 Å². The summed E-state index contributed by atoms with van der Waals surface area (Å²) >= 11 is 0. The number of hydrogen-bond donors (Lipinski definition) is 6. The number of carbonyl (C=O) groups excluding carboxylic acids is 6. The van der Waals surface area contributed by atoms with Crippen LogP contribution in [0.3, 0.4) is 0 Å². The highest BCUT2D eigenvalue weighted by atomic mass is 16.6. The van der Waals surface area contributed by atoms with E-state index in [2.05, 4.69) is 26.6 Å². The molecule has 0 radical (unpaired) electrons. The number of nitrogens with two attached hydrogens (primary N) is 1. The lowest BCUT2D eigenvalue weighted by atomic mass is 9.94. The van der Waals surface area contributed by atoms with E-state index in [9.17, 15) is 28.8 Å². The predicted molar refractivity (Wildman–Crippen MR) is 215 cm³/mol. The van der Waals surface area contributed by atoms with E-state index in [4.69, 9.17) is 15.2 Å². The van der Waals surface area contributed by atoms with Crippen LogP contribution in [0.15, 0.2) is 60.7 Å². The standard InChI is InChI=1S/C42H64N6O8/c1-11-27(6)36(39(52)48-35(26(4)5)40(53)55-10)46-33(49)24-30(43)31(22-28-18-14-12-15-19-28)44-38(51)34(25(2)3)47-37(50)32(23-29-20-16-13-17-21-29)45-41(54)56-42(7,8)9/h12-21,25-27,30-32,34-36H,11,22-24,43H2,1-10H3,(H,44,51)(H,45,54)(H,46,49)(H,47,50)(H,48,52)/t27-,30-,31-,32-,34-,35-,36-/m0/s1. The largest absolute Gasteiger partial charge is 0.467 e. The second kappa shape index (κ2) is 22.5. The average molecular weight is 781 g/mol. The lowest BCUT2D eigenvalue weighted by Crippen LogP contribution is -2.60. The molecular weight excluding hydrogens is 716 g/mol. The molecule has 310 valence electrons. The Balaban J connectivity index is 2.31. The number of ether oxygens (including phenoxy) is 2. The van der Waals surface area contributed by atoms with Gasteiger partial charge in [-0.3, -0.25) is 19.2 Å². The third-order valence-electron chi connectivity index (χ3n) is 9.33. The second-order valence-corrected chi connectivity index (χ2v) is 16.0. The molecule has 0 heterocycles. The molecule has 0 saturated heterocycles. The highest BCUT2D eigenvalue weighted by Gasteiger charge is 2.35. The highest BCUT2D eigenvalue weighted by Crippen LogP contribution is 2.15. The monoisotopic (exact) mass is 780 g/mol. The number of benzene rings is 2. The molecule has 0 saturated carbocycles. The van der Waals surface area contributed by atoms with Crippen molar-refractivity contribution in [3.05, 3.63) is 71.8 Å². The molecule has 0 aliphatic heterocycles. The van der Waals surface area contributed by atoms with Crippen LogP contribution in [-0.4, -0.2) is 84.7 Å². The summed E-state index contributed by atoms with van der Waals surface area (Å²) in [6.07, 6.45) is -0.0569. The van der Waals surface area contributed by atoms with Crippen LogP contribution in [0.1, 0.15) is 86.3 Å². The van der Waals surface area contributed by atoms with Gasteiger partial charge in [-0.15, -0.1) is 0 Å². The number of carbonyl (C=O) groups is 6. The van der Waals surface area contributed by atoms with Gasteiger partial charge in [0.25, 0.3) is 0 Å². The van der Waals surface area contributed by atoms with Crippen LogP contribution >= 0.6 is 0 Å². The van der Waals surface area contributed by atoms with E-state index >= 15 is 0 Å². The fraction of sp³-hybridized carbons (Fsp3) is 0.571. The van der Waals surface area contributed by atoms with Crippen LogP contribution in [0, 0.1) is 17.8 Å². The zero-order valence-electron chi connectivity index (χ0n) is 34.6. The van der Waals surface area contributed by atoms with E-state index in [-0.39, 0.29) is 37.0 Å². The Kier molecular flexibility index (Phi) is 19.0. The number of hydrogen-bond acceptors (Lipinski definition) is 9. The molecule has 2 rings (SSSR count). The smallest absolute Gasteiger partial charge is 0.408 e. The van der Waals surface area contributed by atoms with Gasteiger partial charge in [0, 0.05) is 24.9 Å². The van der Waals surface area contributed by atoms with Gasteiger partial charge < -0.3 is 41.8 Å². The molecule has 0 fully saturated rings. The molecule has 7 N–H and O–H groups in total. The molecule has 5 amide bonds. The van der Waals surface area contributed by atoms with Crippen molar-refractivity contribution in [2.24, 2.45) is 23.5 Å². The van der Waals surface area contributed by atoms with Gasteiger partial charge in [-0.05, 0) is 56.1 Å². The number of rotatable bonds is 20. The van der Waals surface area contributed by atoms with Gasteiger partial charge in [-0.1, -0.05) is 109 Å². The Morgan fingerprint density at radius 1 is 0.661 bits per heavy atom. The minimum Gasteiger partial charge on any atom is -0.467 e. The molecule has 2 aromatic rings. The van der Waals surface area contributed by atoms with E-state index in [1.54, 1.807) is 48.5 Å². The molecule has 0 aliphatic rings. The van der Waals surface area contributed by atoms with Crippen molar-refractivity contribution in [3.63, 3.8) is 0 Å². The van der Waals surface area contributed by atoms with Crippen molar-refractivity contribution in [2.75, 3.05) is 7.11 Å². The molecule has 7 atom stereocenters. The van der Waals surface area contributed by atoms with Gasteiger partial charge in [0.15, 0.2) is 0 Å². The first-order chi connectivity index (χ1) is 26.3. The Bertz CT molecular complexity index is 1580. The first-order valence-corrected chi connectivity index (χ1v) is 19.4. The molecule has 14 nitrogen and oxygen atoms in total. The van der Waals surface area contributed by atoms with E-state index in [0.717, 1.165) is 11.1 Å². The molecule has 0 unspecified atom stereocenters. The third kappa shape index (κ3) is 16.0. The SMILES string of the molecule is CC[C@H](C)[C@H](NC(=O)C[C@H](N)[C@H](Cc1ccccc1)NC(=O)[C@@H](NC(=O)[C@H](Cc1ccccc1)NC(=O)OC(C)(C)C)C(C)C)C(=O)N[C@H](C(=O)OC)C(C)C. The fourth-order valence-corrected chi connectivity index (χ4v) is 5.91. The quantitative estimate of drug-likeness (QED) is 0.109. The molecule has 0 spiro atoms. The average Bonchev–Trinajstić information content (AvgIpc) is 3.13. The minimum absolute atomic E-state index is 0.144. The summed E-state index contributed by atoms with van der Waals surface area (Å²) in [6, 6.07) is 12.8. The molecule has 14 heteroatoms. The third-order valence-corrected chi connectivity index (χ3v) is 9.33. The Morgan fingerprint density at radius 3 is 1.64 bits per heavy atom. The number of methoxy groups -OCH3 is 1. The van der Waals surface area contributed by atoms with Gasteiger partial charge >= 0.3 is 12.1 Å². The van der Waals surface area contributed by atoms with Crippen LogP contribution in [0.2, 0.25) is 0 Å². The Hall–Kier alpha value is -4.98. The number of nitrogens with one attached hydrogen (secondary N) is 5. The van der Waals surface area contributed by atoms with E-state index < -0.39 is 77.5 Å². The van der Waals surface area contributed by atoms with Crippen molar-refractivity contribution in [2.45, 2.75) is 130 Å². The summed E-state index contributed by atoms with van der Waals surface area (Å²) in [4.78, 5) is 80.0. The van der Waals surface area contributed by atoms with Gasteiger partial charge in [-0.25, -0.2) is 9.59 Å². The fourth-order valence-electron chi connectivity index (χ4n) is 5.91. The van der Waals surface area contributed by atoms with Crippen molar-refractivity contribution >= 4 is 35.7 Å². The molecule has 0 bridgehead atoms. The van der Waals surface area contributed by atoms with E-state index in [1.807, 2.05) is 74.5 Å². The van der Waals surface area contributed by atoms with Crippen molar-refractivity contribution in [1.29, 1.82) is 0 Å². The predicted octanol–water partition coefficient (Wildman–Crippen LogP) is 3.55. The first kappa shape index (κ1) is 47.2. The van der Waals surface area contributed by atoms with E-state index in [1.165, 1.54) is 7.11 Å². The van der Waals surface area contributed by atoms with Crippen molar-refractivity contribution < 1.29 is 38.2 Å². The lowest BCUT2D eigenvalue weighted by Gasteiger charge is -2.31. The summed E-state index contributed by atoms with van der Waals surface area (Å²) in [7, 11) is 1.24. The lowest BCUT2D eigenvalue weighted by molar-refractivity contribution is -0.147. The van der Waals surface area contributed by atoms with E-state index in [0.29, 0.717) is 6.42 Å². The number of esters is 1. The first-order valence-electron chi connectivity index (χ1n) is 19.4.